The summed E-state index contributed by atoms with van der Waals surface area (Å²) < 4.78 is 32.4. The molecular formula is C27H30F2N4O3. The molecule has 0 radical (unpaired) electrons. The van der Waals surface area contributed by atoms with Gasteiger partial charge in [-0.3, -0.25) is 14.3 Å². The molecule has 2 heterocycles. The van der Waals surface area contributed by atoms with Crippen molar-refractivity contribution in [2.45, 2.75) is 32.7 Å². The number of methoxy groups -OCH3 is 1. The highest BCUT2D eigenvalue weighted by Crippen LogP contribution is 2.27. The number of benzene rings is 1. The standard InChI is InChI=1S/C27H30F2N4O3/c1-18-22(26(34)30-12-15-36-2)4-3-5-24-23(18)17-33(31-24)16-19-10-13-32(14-11-19)27(35)21-8-6-20(7-9-21)25(28)29/h4-9,17,19,25H,10-16H2,1-2H3,(H,30,34). The second-order valence-electron chi connectivity index (χ2n) is 9.05. The van der Waals surface area contributed by atoms with Crippen molar-refractivity contribution < 1.29 is 23.1 Å². The number of allylic oxidation sites excluding steroid dienone is 1. The number of hydrogen-bond donors (Lipinski definition) is 1. The summed E-state index contributed by atoms with van der Waals surface area (Å²) in [6, 6.07) is 5.55. The number of aromatic nitrogens is 2. The van der Waals surface area contributed by atoms with E-state index in [1.807, 2.05) is 17.8 Å². The maximum absolute atomic E-state index is 12.8. The number of nitrogens with zero attached hydrogens (tertiary/aromatic N) is 3. The monoisotopic (exact) mass is 496 g/mol. The largest absolute Gasteiger partial charge is 0.383 e. The maximum Gasteiger partial charge on any atom is 0.263 e. The molecule has 2 aliphatic rings. The fraction of sp³-hybridized carbons (Fsp3) is 0.407. The van der Waals surface area contributed by atoms with E-state index in [1.165, 1.54) is 24.3 Å². The summed E-state index contributed by atoms with van der Waals surface area (Å²) in [4.78, 5) is 27.2. The Kier molecular flexibility index (Phi) is 8.13. The number of carbonyl (C=O) groups excluding carboxylic acids is 2. The summed E-state index contributed by atoms with van der Waals surface area (Å²) >= 11 is 0. The molecule has 1 aliphatic heterocycles. The maximum atomic E-state index is 12.8. The molecule has 2 aromatic rings. The number of piperidine rings is 1. The Morgan fingerprint density at radius 2 is 1.92 bits per heavy atom. The number of halogens is 2. The molecule has 0 atom stereocenters. The molecule has 1 saturated heterocycles. The van der Waals surface area contributed by atoms with Gasteiger partial charge in [-0.05, 0) is 49.5 Å². The Balaban J connectivity index is 1.37. The van der Waals surface area contributed by atoms with Gasteiger partial charge in [-0.1, -0.05) is 12.1 Å². The first-order valence-electron chi connectivity index (χ1n) is 12.0. The van der Waals surface area contributed by atoms with Gasteiger partial charge in [0.1, 0.15) is 5.69 Å². The van der Waals surface area contributed by atoms with Crippen LogP contribution in [-0.2, 0) is 16.1 Å². The van der Waals surface area contributed by atoms with E-state index in [-0.39, 0.29) is 17.4 Å². The van der Waals surface area contributed by atoms with Gasteiger partial charge in [-0.2, -0.15) is 5.10 Å². The molecule has 0 unspecified atom stereocenters. The first-order chi connectivity index (χ1) is 17.4. The molecule has 1 aliphatic carbocycles. The average molecular weight is 497 g/mol. The lowest BCUT2D eigenvalue weighted by atomic mass is 9.96. The van der Waals surface area contributed by atoms with Gasteiger partial charge in [0.05, 0.1) is 12.2 Å². The van der Waals surface area contributed by atoms with Crippen molar-refractivity contribution in [3.63, 3.8) is 0 Å². The zero-order valence-corrected chi connectivity index (χ0v) is 20.5. The van der Waals surface area contributed by atoms with E-state index in [1.54, 1.807) is 24.2 Å². The van der Waals surface area contributed by atoms with Crippen LogP contribution in [0.2, 0.25) is 0 Å². The van der Waals surface area contributed by atoms with Gasteiger partial charge in [-0.15, -0.1) is 5.73 Å². The minimum Gasteiger partial charge on any atom is -0.383 e. The van der Waals surface area contributed by atoms with E-state index < -0.39 is 6.43 Å². The van der Waals surface area contributed by atoms with Crippen molar-refractivity contribution in [3.05, 3.63) is 70.2 Å². The summed E-state index contributed by atoms with van der Waals surface area (Å²) in [5, 5.41) is 7.55. The highest BCUT2D eigenvalue weighted by atomic mass is 19.3. The topological polar surface area (TPSA) is 76.5 Å². The van der Waals surface area contributed by atoms with Gasteiger partial charge in [0.2, 0.25) is 0 Å². The predicted molar refractivity (Wildman–Crippen MR) is 132 cm³/mol. The van der Waals surface area contributed by atoms with Crippen LogP contribution in [-0.4, -0.2) is 59.8 Å². The first kappa shape index (κ1) is 25.5. The minimum absolute atomic E-state index is 0.0860. The average Bonchev–Trinajstić information content (AvgIpc) is 3.22. The number of nitrogens with one attached hydrogen (secondary N) is 1. The molecule has 190 valence electrons. The Hall–Kier alpha value is -3.55. The van der Waals surface area contributed by atoms with Crippen LogP contribution in [0.3, 0.4) is 0 Å². The van der Waals surface area contributed by atoms with Gasteiger partial charge < -0.3 is 15.0 Å². The van der Waals surface area contributed by atoms with Crippen LogP contribution in [0.25, 0.3) is 11.6 Å². The quantitative estimate of drug-likeness (QED) is 0.441. The predicted octanol–water partition coefficient (Wildman–Crippen LogP) is 4.09. The van der Waals surface area contributed by atoms with Gasteiger partial charge in [0.25, 0.3) is 18.2 Å². The lowest BCUT2D eigenvalue weighted by Crippen LogP contribution is -2.39. The lowest BCUT2D eigenvalue weighted by molar-refractivity contribution is -0.117. The summed E-state index contributed by atoms with van der Waals surface area (Å²) in [7, 11) is 1.59. The fourth-order valence-electron chi connectivity index (χ4n) is 4.52. The van der Waals surface area contributed by atoms with E-state index >= 15 is 0 Å². The molecule has 0 bridgehead atoms. The van der Waals surface area contributed by atoms with Crippen molar-refractivity contribution in [1.29, 1.82) is 0 Å². The summed E-state index contributed by atoms with van der Waals surface area (Å²) in [6.07, 6.45) is 4.53. The molecule has 7 nitrogen and oxygen atoms in total. The van der Waals surface area contributed by atoms with E-state index in [9.17, 15) is 18.4 Å². The molecule has 4 rings (SSSR count). The first-order valence-corrected chi connectivity index (χ1v) is 12.0. The number of rotatable bonds is 8. The number of hydrogen-bond acceptors (Lipinski definition) is 4. The Morgan fingerprint density at radius 1 is 1.19 bits per heavy atom. The molecule has 1 fully saturated rings. The number of carbonyl (C=O) groups is 2. The van der Waals surface area contributed by atoms with E-state index in [4.69, 9.17) is 9.84 Å². The van der Waals surface area contributed by atoms with Crippen molar-refractivity contribution in [2.75, 3.05) is 33.4 Å². The Bertz CT molecular complexity index is 1200. The van der Waals surface area contributed by atoms with Crippen LogP contribution in [0.15, 0.2) is 47.8 Å². The molecule has 2 amide bonds. The van der Waals surface area contributed by atoms with Gasteiger partial charge in [-0.25, -0.2) is 8.78 Å². The molecule has 0 saturated carbocycles. The van der Waals surface area contributed by atoms with E-state index in [2.05, 4.69) is 11.0 Å². The van der Waals surface area contributed by atoms with Crippen LogP contribution in [0, 0.1) is 5.92 Å². The van der Waals surface area contributed by atoms with Gasteiger partial charge in [0, 0.05) is 62.3 Å². The zero-order valence-electron chi connectivity index (χ0n) is 20.5. The van der Waals surface area contributed by atoms with Gasteiger partial charge in [0.15, 0.2) is 0 Å². The summed E-state index contributed by atoms with van der Waals surface area (Å²) in [5.41, 5.74) is 6.45. The second-order valence-corrected chi connectivity index (χ2v) is 9.05. The SMILES string of the molecule is COCCNC(=O)C1=C(C)c2cn(CC3CCN(C(=O)c4ccc(C(F)F)cc4)CC3)nc2C=C=C1. The molecule has 1 aromatic carbocycles. The number of amides is 2. The fourth-order valence-corrected chi connectivity index (χ4v) is 4.52. The molecule has 36 heavy (non-hydrogen) atoms. The lowest BCUT2D eigenvalue weighted by Gasteiger charge is -2.32. The van der Waals surface area contributed by atoms with E-state index in [0.29, 0.717) is 49.8 Å². The third-order valence-corrected chi connectivity index (χ3v) is 6.64. The normalized spacial score (nSPS) is 15.9. The summed E-state index contributed by atoms with van der Waals surface area (Å²) in [5.74, 6) is 0.0421. The van der Waals surface area contributed by atoms with Crippen molar-refractivity contribution >= 4 is 23.5 Å². The molecular weight excluding hydrogens is 466 g/mol. The third-order valence-electron chi connectivity index (χ3n) is 6.64. The van der Waals surface area contributed by atoms with Crippen LogP contribution in [0.4, 0.5) is 8.78 Å². The number of likely N-dealkylation sites (tertiary alicyclic amines) is 1. The zero-order chi connectivity index (χ0) is 25.7. The van der Waals surface area contributed by atoms with Crippen LogP contribution >= 0.6 is 0 Å². The molecule has 1 aromatic heterocycles. The Labute approximate surface area is 209 Å². The minimum atomic E-state index is -2.54. The van der Waals surface area contributed by atoms with Gasteiger partial charge >= 0.3 is 0 Å². The van der Waals surface area contributed by atoms with Crippen molar-refractivity contribution in [1.82, 2.24) is 20.0 Å². The molecule has 9 heteroatoms. The van der Waals surface area contributed by atoms with Crippen molar-refractivity contribution in [3.8, 4) is 0 Å². The molecule has 0 spiro atoms. The van der Waals surface area contributed by atoms with E-state index in [0.717, 1.165) is 29.7 Å². The Morgan fingerprint density at radius 3 is 2.58 bits per heavy atom. The number of fused-ring (bicyclic) bond motifs is 1. The highest BCUT2D eigenvalue weighted by molar-refractivity contribution is 6.04. The smallest absolute Gasteiger partial charge is 0.263 e. The highest BCUT2D eigenvalue weighted by Gasteiger charge is 2.25. The summed E-state index contributed by atoms with van der Waals surface area (Å²) in [6.45, 7) is 4.70. The number of alkyl halides is 2. The number of ether oxygens (including phenoxy) is 1. The van der Waals surface area contributed by atoms with Crippen LogP contribution in [0.1, 0.15) is 53.4 Å². The molecule has 1 N–H and O–H groups in total. The third kappa shape index (κ3) is 5.80. The second kappa shape index (κ2) is 11.5. The van der Waals surface area contributed by atoms with Crippen molar-refractivity contribution in [2.24, 2.45) is 5.92 Å². The van der Waals surface area contributed by atoms with Crippen LogP contribution < -0.4 is 5.32 Å². The van der Waals surface area contributed by atoms with Crippen LogP contribution in [0.5, 0.6) is 0 Å².